The van der Waals surface area contributed by atoms with Crippen molar-refractivity contribution in [3.8, 4) is 5.69 Å². The molecular formula is C17H16N4OS. The number of carbonyl (C=O) groups is 1. The maximum absolute atomic E-state index is 12.8. The highest BCUT2D eigenvalue weighted by atomic mass is 32.1. The zero-order valence-electron chi connectivity index (χ0n) is 12.7. The number of fused-ring (bicyclic) bond motifs is 1. The Labute approximate surface area is 138 Å². The second-order valence-corrected chi connectivity index (χ2v) is 6.61. The number of carbonyl (C=O) groups excluding carboxylic acids is 1. The van der Waals surface area contributed by atoms with Crippen LogP contribution in [-0.2, 0) is 6.42 Å². The number of benzene rings is 1. The first-order valence-electron chi connectivity index (χ1n) is 7.56. The molecule has 0 spiro atoms. The van der Waals surface area contributed by atoms with Gasteiger partial charge in [0.25, 0.3) is 5.91 Å². The van der Waals surface area contributed by atoms with Crippen LogP contribution in [0.1, 0.15) is 33.8 Å². The Hall–Kier alpha value is -2.47. The second kappa shape index (κ2) is 5.62. The number of aromatic nitrogens is 3. The van der Waals surface area contributed by atoms with Crippen LogP contribution in [-0.4, -0.2) is 32.1 Å². The van der Waals surface area contributed by atoms with E-state index in [1.54, 1.807) is 22.3 Å². The van der Waals surface area contributed by atoms with E-state index in [9.17, 15) is 4.79 Å². The molecule has 1 aliphatic rings. The van der Waals surface area contributed by atoms with Gasteiger partial charge in [0.1, 0.15) is 12.7 Å². The lowest BCUT2D eigenvalue weighted by atomic mass is 10.0. The summed E-state index contributed by atoms with van der Waals surface area (Å²) in [6, 6.07) is 9.77. The van der Waals surface area contributed by atoms with Crippen LogP contribution in [0.4, 0.5) is 0 Å². The van der Waals surface area contributed by atoms with Gasteiger partial charge in [0.2, 0.25) is 0 Å². The average Bonchev–Trinajstić information content (AvgIpc) is 3.27. The number of thiophene rings is 1. The Bertz CT molecular complexity index is 823. The van der Waals surface area contributed by atoms with Gasteiger partial charge in [0.05, 0.1) is 11.7 Å². The molecule has 0 radical (unpaired) electrons. The molecule has 116 valence electrons. The van der Waals surface area contributed by atoms with Gasteiger partial charge in [-0.05, 0) is 54.6 Å². The number of amides is 1. The molecule has 2 aromatic heterocycles. The summed E-state index contributed by atoms with van der Waals surface area (Å²) in [6.45, 7) is 2.88. The highest BCUT2D eigenvalue weighted by Gasteiger charge is 2.28. The topological polar surface area (TPSA) is 51.0 Å². The van der Waals surface area contributed by atoms with Crippen molar-refractivity contribution >= 4 is 17.2 Å². The number of nitrogens with zero attached hydrogens (tertiary/aromatic N) is 4. The first kappa shape index (κ1) is 14.1. The van der Waals surface area contributed by atoms with Crippen LogP contribution in [0.5, 0.6) is 0 Å². The third kappa shape index (κ3) is 2.45. The Morgan fingerprint density at radius 3 is 2.83 bits per heavy atom. The van der Waals surface area contributed by atoms with Gasteiger partial charge in [-0.3, -0.25) is 4.79 Å². The summed E-state index contributed by atoms with van der Waals surface area (Å²) in [5.41, 5.74) is 2.89. The minimum Gasteiger partial charge on any atom is -0.331 e. The molecule has 3 heterocycles. The third-order valence-corrected chi connectivity index (χ3v) is 5.33. The van der Waals surface area contributed by atoms with E-state index in [-0.39, 0.29) is 11.9 Å². The smallest absolute Gasteiger partial charge is 0.254 e. The molecule has 4 rings (SSSR count). The van der Waals surface area contributed by atoms with Gasteiger partial charge in [-0.25, -0.2) is 9.67 Å². The maximum atomic E-state index is 12.8. The summed E-state index contributed by atoms with van der Waals surface area (Å²) in [5.74, 6) is 0.0829. The van der Waals surface area contributed by atoms with Crippen LogP contribution in [0.3, 0.4) is 0 Å². The molecule has 5 nitrogen and oxygen atoms in total. The fourth-order valence-electron chi connectivity index (χ4n) is 3.05. The molecule has 23 heavy (non-hydrogen) atoms. The van der Waals surface area contributed by atoms with Crippen LogP contribution < -0.4 is 0 Å². The lowest BCUT2D eigenvalue weighted by Crippen LogP contribution is -2.38. The van der Waals surface area contributed by atoms with E-state index in [1.807, 2.05) is 29.2 Å². The first-order valence-corrected chi connectivity index (χ1v) is 8.44. The van der Waals surface area contributed by atoms with Crippen molar-refractivity contribution in [2.45, 2.75) is 19.4 Å². The largest absolute Gasteiger partial charge is 0.331 e. The normalized spacial score (nSPS) is 17.1. The van der Waals surface area contributed by atoms with Crippen molar-refractivity contribution in [3.05, 3.63) is 64.4 Å². The van der Waals surface area contributed by atoms with Gasteiger partial charge in [0.15, 0.2) is 0 Å². The minimum absolute atomic E-state index is 0.0829. The van der Waals surface area contributed by atoms with E-state index < -0.39 is 0 Å². The van der Waals surface area contributed by atoms with Crippen LogP contribution in [0.2, 0.25) is 0 Å². The molecule has 0 bridgehead atoms. The Kier molecular flexibility index (Phi) is 3.46. The molecule has 6 heteroatoms. The van der Waals surface area contributed by atoms with Gasteiger partial charge >= 0.3 is 0 Å². The van der Waals surface area contributed by atoms with Crippen molar-refractivity contribution in [2.24, 2.45) is 0 Å². The number of hydrogen-bond acceptors (Lipinski definition) is 4. The summed E-state index contributed by atoms with van der Waals surface area (Å²) >= 11 is 1.79. The van der Waals surface area contributed by atoms with Crippen molar-refractivity contribution < 1.29 is 4.79 Å². The van der Waals surface area contributed by atoms with Crippen LogP contribution in [0.15, 0.2) is 48.4 Å². The predicted octanol–water partition coefficient (Wildman–Crippen LogP) is 3.09. The predicted molar refractivity (Wildman–Crippen MR) is 88.8 cm³/mol. The molecule has 0 aliphatic carbocycles. The molecule has 0 fully saturated rings. The standard InChI is InChI=1S/C17H16N4OS/c1-12-15-7-9-23-16(15)6-8-20(12)17(22)13-2-4-14(5-3-13)21-11-18-10-19-21/h2-5,7,9-12H,6,8H2,1H3. The zero-order chi connectivity index (χ0) is 15.8. The van der Waals surface area contributed by atoms with Gasteiger partial charge in [-0.2, -0.15) is 5.10 Å². The van der Waals surface area contributed by atoms with E-state index in [0.29, 0.717) is 5.56 Å². The van der Waals surface area contributed by atoms with Crippen LogP contribution in [0, 0.1) is 0 Å². The highest BCUT2D eigenvalue weighted by Crippen LogP contribution is 2.33. The monoisotopic (exact) mass is 324 g/mol. The molecule has 0 saturated heterocycles. The van der Waals surface area contributed by atoms with Gasteiger partial charge in [-0.1, -0.05) is 0 Å². The summed E-state index contributed by atoms with van der Waals surface area (Å²) in [7, 11) is 0. The summed E-state index contributed by atoms with van der Waals surface area (Å²) in [4.78, 5) is 20.1. The average molecular weight is 324 g/mol. The maximum Gasteiger partial charge on any atom is 0.254 e. The quantitative estimate of drug-likeness (QED) is 0.728. The van der Waals surface area contributed by atoms with Gasteiger partial charge in [0, 0.05) is 17.0 Å². The van der Waals surface area contributed by atoms with Crippen LogP contribution >= 0.6 is 11.3 Å². The number of hydrogen-bond donors (Lipinski definition) is 0. The molecule has 1 aliphatic heterocycles. The van der Waals surface area contributed by atoms with Crippen LogP contribution in [0.25, 0.3) is 5.69 Å². The Morgan fingerprint density at radius 1 is 1.26 bits per heavy atom. The molecule has 0 N–H and O–H groups in total. The Balaban J connectivity index is 1.58. The zero-order valence-corrected chi connectivity index (χ0v) is 13.5. The first-order chi connectivity index (χ1) is 11.2. The van der Waals surface area contributed by atoms with E-state index in [2.05, 4.69) is 28.5 Å². The summed E-state index contributed by atoms with van der Waals surface area (Å²) < 4.78 is 1.68. The molecular weight excluding hydrogens is 308 g/mol. The minimum atomic E-state index is 0.0829. The van der Waals surface area contributed by atoms with E-state index in [1.165, 1.54) is 16.8 Å². The molecule has 3 aromatic rings. The van der Waals surface area contributed by atoms with E-state index in [0.717, 1.165) is 18.7 Å². The molecule has 0 saturated carbocycles. The van der Waals surface area contributed by atoms with Crippen molar-refractivity contribution in [1.82, 2.24) is 19.7 Å². The van der Waals surface area contributed by atoms with E-state index >= 15 is 0 Å². The fraction of sp³-hybridized carbons (Fsp3) is 0.235. The third-order valence-electron chi connectivity index (χ3n) is 4.34. The molecule has 1 atom stereocenters. The fourth-order valence-corrected chi connectivity index (χ4v) is 4.01. The molecule has 1 unspecified atom stereocenters. The summed E-state index contributed by atoms with van der Waals surface area (Å²) in [6.07, 6.45) is 4.08. The lowest BCUT2D eigenvalue weighted by molar-refractivity contribution is 0.0679. The van der Waals surface area contributed by atoms with Crippen molar-refractivity contribution in [2.75, 3.05) is 6.54 Å². The Morgan fingerprint density at radius 2 is 2.09 bits per heavy atom. The van der Waals surface area contributed by atoms with Crippen molar-refractivity contribution in [1.29, 1.82) is 0 Å². The lowest BCUT2D eigenvalue weighted by Gasteiger charge is -2.33. The molecule has 1 amide bonds. The second-order valence-electron chi connectivity index (χ2n) is 5.61. The van der Waals surface area contributed by atoms with Gasteiger partial charge in [-0.15, -0.1) is 11.3 Å². The van der Waals surface area contributed by atoms with Gasteiger partial charge < -0.3 is 4.90 Å². The summed E-state index contributed by atoms with van der Waals surface area (Å²) in [5, 5.41) is 6.21. The number of rotatable bonds is 2. The highest BCUT2D eigenvalue weighted by molar-refractivity contribution is 7.10. The van der Waals surface area contributed by atoms with E-state index in [4.69, 9.17) is 0 Å². The van der Waals surface area contributed by atoms with Crippen molar-refractivity contribution in [3.63, 3.8) is 0 Å². The molecule has 1 aromatic carbocycles. The SMILES string of the molecule is CC1c2ccsc2CCN1C(=O)c1ccc(-n2cncn2)cc1.